The molecule has 0 saturated heterocycles. The minimum atomic E-state index is 0.703. The number of nitrogens with zero attached hydrogens (tertiary/aromatic N) is 4. The molecule has 0 N–H and O–H groups in total. The number of fused-ring (bicyclic) bond motifs is 3. The van der Waals surface area contributed by atoms with Crippen LogP contribution < -0.4 is 0 Å². The maximum absolute atomic E-state index is 5.09. The summed E-state index contributed by atoms with van der Waals surface area (Å²) in [4.78, 5) is 10.2. The van der Waals surface area contributed by atoms with Gasteiger partial charge in [-0.05, 0) is 94.7 Å². The van der Waals surface area contributed by atoms with Crippen molar-refractivity contribution in [3.05, 3.63) is 206 Å². The Balaban J connectivity index is 0.997. The Morgan fingerprint density at radius 2 is 0.879 bits per heavy atom. The Labute approximate surface area is 334 Å². The quantitative estimate of drug-likeness (QED) is 0.159. The normalized spacial score (nSPS) is 11.8. The number of hydrogen-bond donors (Lipinski definition) is 0. The maximum atomic E-state index is 5.09. The molecule has 12 rings (SSSR count). The van der Waals surface area contributed by atoms with Crippen LogP contribution in [0, 0.1) is 0 Å². The van der Waals surface area contributed by atoms with Gasteiger partial charge in [-0.3, -0.25) is 0 Å². The van der Waals surface area contributed by atoms with Crippen molar-refractivity contribution in [3.63, 3.8) is 0 Å². The molecule has 0 aliphatic rings. The summed E-state index contributed by atoms with van der Waals surface area (Å²) >= 11 is 0. The first-order chi connectivity index (χ1) is 28.8. The number of para-hydroxylation sites is 2. The van der Waals surface area contributed by atoms with Crippen molar-refractivity contribution in [2.75, 3.05) is 0 Å². The van der Waals surface area contributed by atoms with Crippen LogP contribution in [0.5, 0.6) is 0 Å². The summed E-state index contributed by atoms with van der Waals surface area (Å²) in [5.74, 6) is 0.703. The van der Waals surface area contributed by atoms with Crippen LogP contribution in [0.15, 0.2) is 206 Å². The summed E-state index contributed by atoms with van der Waals surface area (Å²) in [6, 6.07) is 73.7. The van der Waals surface area contributed by atoms with Crippen LogP contribution in [0.1, 0.15) is 0 Å². The minimum absolute atomic E-state index is 0.703. The minimum Gasteiger partial charge on any atom is -0.309 e. The Bertz CT molecular complexity index is 3410. The van der Waals surface area contributed by atoms with Gasteiger partial charge in [0, 0.05) is 49.6 Å². The van der Waals surface area contributed by atoms with Gasteiger partial charge in [0.15, 0.2) is 5.82 Å². The molecule has 0 aliphatic carbocycles. The van der Waals surface area contributed by atoms with Gasteiger partial charge in [0.25, 0.3) is 0 Å². The van der Waals surface area contributed by atoms with Crippen molar-refractivity contribution in [2.45, 2.75) is 0 Å². The van der Waals surface area contributed by atoms with E-state index < -0.39 is 0 Å². The second kappa shape index (κ2) is 12.9. The van der Waals surface area contributed by atoms with Gasteiger partial charge in [0.1, 0.15) is 0 Å². The van der Waals surface area contributed by atoms with E-state index in [1.54, 1.807) is 0 Å². The van der Waals surface area contributed by atoms with Gasteiger partial charge >= 0.3 is 0 Å². The molecule has 12 aromatic rings. The molecular weight excluding hydrogens is 705 g/mol. The Morgan fingerprint density at radius 1 is 0.310 bits per heavy atom. The van der Waals surface area contributed by atoms with E-state index in [-0.39, 0.29) is 0 Å². The average Bonchev–Trinajstić information content (AvgIpc) is 3.82. The van der Waals surface area contributed by atoms with Gasteiger partial charge in [-0.2, -0.15) is 0 Å². The number of benzene rings is 9. The highest BCUT2D eigenvalue weighted by atomic mass is 15.0. The Hall–Kier alpha value is -7.82. The van der Waals surface area contributed by atoms with E-state index >= 15 is 0 Å². The zero-order valence-electron chi connectivity index (χ0n) is 31.4. The Morgan fingerprint density at radius 3 is 1.62 bits per heavy atom. The molecule has 3 heterocycles. The van der Waals surface area contributed by atoms with E-state index in [1.165, 1.54) is 71.2 Å². The third-order valence-corrected chi connectivity index (χ3v) is 11.7. The van der Waals surface area contributed by atoms with E-state index in [0.29, 0.717) is 5.82 Å². The molecule has 4 heteroatoms. The highest BCUT2D eigenvalue weighted by Crippen LogP contribution is 2.44. The third kappa shape index (κ3) is 5.02. The largest absolute Gasteiger partial charge is 0.309 e. The Kier molecular flexibility index (Phi) is 7.20. The van der Waals surface area contributed by atoms with Crippen molar-refractivity contribution < 1.29 is 0 Å². The lowest BCUT2D eigenvalue weighted by atomic mass is 9.94. The smallest absolute Gasteiger partial charge is 0.160 e. The fourth-order valence-electron chi connectivity index (χ4n) is 9.06. The molecule has 0 amide bonds. The number of rotatable bonds is 6. The zero-order valence-corrected chi connectivity index (χ0v) is 31.4. The number of aromatic nitrogens is 4. The molecule has 58 heavy (non-hydrogen) atoms. The molecule has 0 unspecified atom stereocenters. The van der Waals surface area contributed by atoms with Crippen molar-refractivity contribution in [1.82, 2.24) is 19.1 Å². The lowest BCUT2D eigenvalue weighted by Crippen LogP contribution is -1.97. The molecule has 0 atom stereocenters. The highest BCUT2D eigenvalue weighted by Gasteiger charge is 2.20. The van der Waals surface area contributed by atoms with Crippen LogP contribution >= 0.6 is 0 Å². The monoisotopic (exact) mass is 738 g/mol. The first kappa shape index (κ1) is 32.4. The number of hydrogen-bond acceptors (Lipinski definition) is 2. The van der Waals surface area contributed by atoms with Crippen LogP contribution in [0.25, 0.3) is 111 Å². The molecular formula is C54H34N4. The molecule has 270 valence electrons. The second-order valence-electron chi connectivity index (χ2n) is 15.0. The molecule has 0 fully saturated rings. The van der Waals surface area contributed by atoms with E-state index in [0.717, 1.165) is 33.8 Å². The van der Waals surface area contributed by atoms with Gasteiger partial charge in [0.2, 0.25) is 0 Å². The van der Waals surface area contributed by atoms with Gasteiger partial charge in [0.05, 0.1) is 33.5 Å². The van der Waals surface area contributed by atoms with E-state index in [9.17, 15) is 0 Å². The predicted molar refractivity (Wildman–Crippen MR) is 241 cm³/mol. The molecule has 3 aromatic heterocycles. The summed E-state index contributed by atoms with van der Waals surface area (Å²) in [5.41, 5.74) is 14.4. The zero-order chi connectivity index (χ0) is 38.2. The lowest BCUT2D eigenvalue weighted by molar-refractivity contribution is 1.16. The highest BCUT2D eigenvalue weighted by molar-refractivity contribution is 6.27. The topological polar surface area (TPSA) is 35.6 Å². The molecule has 4 nitrogen and oxygen atoms in total. The first-order valence-corrected chi connectivity index (χ1v) is 19.7. The average molecular weight is 739 g/mol. The van der Waals surface area contributed by atoms with Gasteiger partial charge < -0.3 is 9.13 Å². The fourth-order valence-corrected chi connectivity index (χ4v) is 9.06. The van der Waals surface area contributed by atoms with Gasteiger partial charge in [-0.15, -0.1) is 0 Å². The van der Waals surface area contributed by atoms with Crippen LogP contribution in [0.4, 0.5) is 0 Å². The molecule has 0 aliphatic heterocycles. The van der Waals surface area contributed by atoms with E-state index in [4.69, 9.17) is 9.97 Å². The van der Waals surface area contributed by atoms with Crippen molar-refractivity contribution in [3.8, 4) is 56.4 Å². The molecule has 0 spiro atoms. The summed E-state index contributed by atoms with van der Waals surface area (Å²) in [5, 5.41) is 7.57. The first-order valence-electron chi connectivity index (χ1n) is 19.7. The van der Waals surface area contributed by atoms with Crippen molar-refractivity contribution >= 4 is 54.4 Å². The van der Waals surface area contributed by atoms with Crippen molar-refractivity contribution in [2.24, 2.45) is 0 Å². The molecule has 9 aromatic carbocycles. The SMILES string of the molecule is c1ccc(-c2cc(-c3ccccc3)nc(-c3ccc(-n4c5cccc6ccc7c(-c8ccc9c(c8)c8ccccc8n9-c8ccccc8)ccc4c7c65)cc3)n2)cc1. The molecule has 0 saturated carbocycles. The summed E-state index contributed by atoms with van der Waals surface area (Å²) in [6.07, 6.45) is 0. The summed E-state index contributed by atoms with van der Waals surface area (Å²) in [6.45, 7) is 0. The van der Waals surface area contributed by atoms with Gasteiger partial charge in [-0.1, -0.05) is 133 Å². The summed E-state index contributed by atoms with van der Waals surface area (Å²) < 4.78 is 4.78. The molecule has 0 radical (unpaired) electrons. The van der Waals surface area contributed by atoms with Crippen LogP contribution in [-0.2, 0) is 0 Å². The van der Waals surface area contributed by atoms with Crippen LogP contribution in [0.2, 0.25) is 0 Å². The predicted octanol–water partition coefficient (Wildman–Crippen LogP) is 13.9. The van der Waals surface area contributed by atoms with Gasteiger partial charge in [-0.25, -0.2) is 9.97 Å². The third-order valence-electron chi connectivity index (χ3n) is 11.7. The van der Waals surface area contributed by atoms with Crippen molar-refractivity contribution in [1.29, 1.82) is 0 Å². The van der Waals surface area contributed by atoms with E-state index in [1.807, 2.05) is 12.1 Å². The standard InChI is InChI=1S/C54H34N4/c1-4-13-35(14-5-1)46-34-47(36-15-6-2-7-16-36)56-54(55-46)38-23-27-41(28-24-38)58-50-22-12-17-37-25-29-44-42(30-32-51(58)53(44)52(37)50)39-26-31-49-45(33-39)43-20-10-11-21-48(43)57(49)40-18-8-3-9-19-40/h1-34H. The fraction of sp³-hybridized carbons (Fsp3) is 0. The lowest BCUT2D eigenvalue weighted by Gasteiger charge is -2.12. The molecule has 0 bridgehead atoms. The van der Waals surface area contributed by atoms with Crippen LogP contribution in [-0.4, -0.2) is 19.1 Å². The summed E-state index contributed by atoms with van der Waals surface area (Å²) in [7, 11) is 0. The second-order valence-corrected chi connectivity index (χ2v) is 15.0. The van der Waals surface area contributed by atoms with Crippen LogP contribution in [0.3, 0.4) is 0 Å². The van der Waals surface area contributed by atoms with E-state index in [2.05, 4.69) is 203 Å². The maximum Gasteiger partial charge on any atom is 0.160 e.